The molecular formula is C11H12ClN5O2. The monoisotopic (exact) mass is 281 g/mol. The Hall–Kier alpha value is -2.15. The number of pyridine rings is 1. The molecule has 0 aliphatic rings. The molecule has 2 heterocycles. The number of halogens is 1. The van der Waals surface area contributed by atoms with Crippen LogP contribution in [0.4, 0.5) is 11.5 Å². The molecule has 0 bridgehead atoms. The van der Waals surface area contributed by atoms with Gasteiger partial charge in [-0.1, -0.05) is 11.6 Å². The lowest BCUT2D eigenvalue weighted by Crippen LogP contribution is -2.17. The molecule has 0 saturated heterocycles. The van der Waals surface area contributed by atoms with E-state index in [1.807, 2.05) is 13.2 Å². The molecule has 0 aliphatic carbocycles. The number of nitro groups is 1. The Balaban J connectivity index is 2.23. The predicted molar refractivity (Wildman–Crippen MR) is 71.2 cm³/mol. The maximum atomic E-state index is 10.8. The van der Waals surface area contributed by atoms with Gasteiger partial charge in [0.25, 0.3) is 5.69 Å². The smallest absolute Gasteiger partial charge is 0.276 e. The average Bonchev–Trinajstić information content (AvgIpc) is 2.73. The zero-order chi connectivity index (χ0) is 14.0. The summed E-state index contributed by atoms with van der Waals surface area (Å²) >= 11 is 5.79. The van der Waals surface area contributed by atoms with Crippen LogP contribution in [0.2, 0.25) is 5.15 Å². The van der Waals surface area contributed by atoms with E-state index in [1.54, 1.807) is 22.8 Å². The predicted octanol–water partition coefficient (Wildman–Crippen LogP) is 2.01. The second-order valence-corrected chi connectivity index (χ2v) is 4.53. The van der Waals surface area contributed by atoms with Gasteiger partial charge in [0.15, 0.2) is 0 Å². The zero-order valence-corrected chi connectivity index (χ0v) is 11.2. The van der Waals surface area contributed by atoms with E-state index >= 15 is 0 Å². The van der Waals surface area contributed by atoms with Crippen molar-refractivity contribution < 1.29 is 4.92 Å². The number of rotatable bonds is 4. The summed E-state index contributed by atoms with van der Waals surface area (Å²) in [6, 6.07) is 2.62. The summed E-state index contributed by atoms with van der Waals surface area (Å²) in [5, 5.41) is 14.9. The van der Waals surface area contributed by atoms with Crippen LogP contribution in [-0.2, 0) is 13.6 Å². The highest BCUT2D eigenvalue weighted by molar-refractivity contribution is 6.29. The minimum absolute atomic E-state index is 0.0759. The molecule has 8 heteroatoms. The van der Waals surface area contributed by atoms with Crippen LogP contribution in [-0.4, -0.2) is 26.7 Å². The van der Waals surface area contributed by atoms with Crippen molar-refractivity contribution in [3.63, 3.8) is 0 Å². The number of aryl methyl sites for hydroxylation is 1. The molecule has 2 rings (SSSR count). The molecule has 2 aromatic heterocycles. The Kier molecular flexibility index (Phi) is 3.66. The van der Waals surface area contributed by atoms with Gasteiger partial charge in [0.2, 0.25) is 0 Å². The van der Waals surface area contributed by atoms with Crippen LogP contribution < -0.4 is 4.90 Å². The molecule has 0 N–H and O–H groups in total. The van der Waals surface area contributed by atoms with E-state index in [0.29, 0.717) is 12.4 Å². The molecule has 0 aromatic carbocycles. The van der Waals surface area contributed by atoms with E-state index in [-0.39, 0.29) is 10.8 Å². The molecule has 0 amide bonds. The third-order valence-corrected chi connectivity index (χ3v) is 2.74. The number of hydrogen-bond acceptors (Lipinski definition) is 5. The van der Waals surface area contributed by atoms with E-state index in [4.69, 9.17) is 11.6 Å². The zero-order valence-electron chi connectivity index (χ0n) is 10.4. The summed E-state index contributed by atoms with van der Waals surface area (Å²) in [7, 11) is 3.61. The van der Waals surface area contributed by atoms with Gasteiger partial charge in [0, 0.05) is 32.4 Å². The van der Waals surface area contributed by atoms with Gasteiger partial charge < -0.3 is 4.90 Å². The van der Waals surface area contributed by atoms with Crippen molar-refractivity contribution >= 4 is 23.1 Å². The van der Waals surface area contributed by atoms with Gasteiger partial charge >= 0.3 is 0 Å². The third-order valence-electron chi connectivity index (χ3n) is 2.55. The topological polar surface area (TPSA) is 77.1 Å². The number of aromatic nitrogens is 3. The van der Waals surface area contributed by atoms with Gasteiger partial charge in [0.1, 0.15) is 11.0 Å². The quantitative estimate of drug-likeness (QED) is 0.487. The van der Waals surface area contributed by atoms with Crippen LogP contribution in [0.15, 0.2) is 24.5 Å². The van der Waals surface area contributed by atoms with Gasteiger partial charge in [-0.2, -0.15) is 5.10 Å². The molecule has 0 radical (unpaired) electrons. The summed E-state index contributed by atoms with van der Waals surface area (Å²) < 4.78 is 1.69. The van der Waals surface area contributed by atoms with Gasteiger partial charge in [-0.25, -0.2) is 4.98 Å². The Bertz CT molecular complexity index is 613. The van der Waals surface area contributed by atoms with E-state index < -0.39 is 4.92 Å². The van der Waals surface area contributed by atoms with Gasteiger partial charge in [0.05, 0.1) is 23.3 Å². The highest BCUT2D eigenvalue weighted by atomic mass is 35.5. The Labute approximate surface area is 114 Å². The van der Waals surface area contributed by atoms with Crippen LogP contribution in [0.25, 0.3) is 0 Å². The number of nitrogens with zero attached hydrogens (tertiary/aromatic N) is 5. The molecule has 100 valence electrons. The molecule has 0 atom stereocenters. The van der Waals surface area contributed by atoms with Crippen molar-refractivity contribution in [2.75, 3.05) is 11.9 Å². The summed E-state index contributed by atoms with van der Waals surface area (Å²) in [5.41, 5.74) is 0.905. The molecule has 19 heavy (non-hydrogen) atoms. The van der Waals surface area contributed by atoms with E-state index in [0.717, 1.165) is 5.56 Å². The lowest BCUT2D eigenvalue weighted by molar-refractivity contribution is -0.384. The second-order valence-electron chi connectivity index (χ2n) is 4.14. The molecule has 0 saturated carbocycles. The fourth-order valence-electron chi connectivity index (χ4n) is 1.68. The van der Waals surface area contributed by atoms with Crippen molar-refractivity contribution in [3.05, 3.63) is 45.4 Å². The van der Waals surface area contributed by atoms with E-state index in [2.05, 4.69) is 10.1 Å². The lowest BCUT2D eigenvalue weighted by Gasteiger charge is -2.17. The van der Waals surface area contributed by atoms with Gasteiger partial charge in [-0.15, -0.1) is 0 Å². The second kappa shape index (κ2) is 5.23. The Morgan fingerprint density at radius 3 is 2.84 bits per heavy atom. The van der Waals surface area contributed by atoms with E-state index in [9.17, 15) is 10.1 Å². The van der Waals surface area contributed by atoms with Crippen LogP contribution in [0.3, 0.4) is 0 Å². The molecule has 0 fully saturated rings. The molecule has 0 unspecified atom stereocenters. The van der Waals surface area contributed by atoms with Crippen molar-refractivity contribution in [1.82, 2.24) is 14.8 Å². The largest absolute Gasteiger partial charge is 0.355 e. The normalized spacial score (nSPS) is 10.5. The summed E-state index contributed by atoms with van der Waals surface area (Å²) in [5.74, 6) is 0.447. The SMILES string of the molecule is CN(Cc1cnn(C)c1)c1cc([N+](=O)[O-])cc(Cl)n1. The van der Waals surface area contributed by atoms with Crippen molar-refractivity contribution in [2.24, 2.45) is 7.05 Å². The first-order valence-corrected chi connectivity index (χ1v) is 5.84. The number of anilines is 1. The summed E-state index contributed by atoms with van der Waals surface area (Å²) in [6.07, 6.45) is 3.60. The summed E-state index contributed by atoms with van der Waals surface area (Å²) in [6.45, 7) is 0.540. The minimum Gasteiger partial charge on any atom is -0.355 e. The van der Waals surface area contributed by atoms with Gasteiger partial charge in [-0.05, 0) is 0 Å². The van der Waals surface area contributed by atoms with Crippen LogP contribution in [0.5, 0.6) is 0 Å². The average molecular weight is 282 g/mol. The third kappa shape index (κ3) is 3.19. The van der Waals surface area contributed by atoms with Crippen LogP contribution >= 0.6 is 11.6 Å². The first-order valence-electron chi connectivity index (χ1n) is 5.46. The maximum absolute atomic E-state index is 10.8. The standard InChI is InChI=1S/C11H12ClN5O2/c1-15(6-8-5-13-16(2)7-8)11-4-9(17(18)19)3-10(12)14-11/h3-5,7H,6H2,1-2H3. The lowest BCUT2D eigenvalue weighted by atomic mass is 10.3. The molecule has 0 spiro atoms. The fraction of sp³-hybridized carbons (Fsp3) is 0.273. The van der Waals surface area contributed by atoms with Crippen molar-refractivity contribution in [2.45, 2.75) is 6.54 Å². The van der Waals surface area contributed by atoms with Gasteiger partial charge in [-0.3, -0.25) is 14.8 Å². The Morgan fingerprint density at radius 2 is 2.26 bits per heavy atom. The van der Waals surface area contributed by atoms with Crippen molar-refractivity contribution in [3.8, 4) is 0 Å². The highest BCUT2D eigenvalue weighted by Gasteiger charge is 2.13. The highest BCUT2D eigenvalue weighted by Crippen LogP contribution is 2.23. The number of hydrogen-bond donors (Lipinski definition) is 0. The van der Waals surface area contributed by atoms with Crippen molar-refractivity contribution in [1.29, 1.82) is 0 Å². The first kappa shape index (κ1) is 13.3. The minimum atomic E-state index is -0.491. The first-order chi connectivity index (χ1) is 8.95. The van der Waals surface area contributed by atoms with E-state index in [1.165, 1.54) is 12.1 Å². The summed E-state index contributed by atoms with van der Waals surface area (Å²) in [4.78, 5) is 16.1. The van der Waals surface area contributed by atoms with Crippen LogP contribution in [0, 0.1) is 10.1 Å². The fourth-order valence-corrected chi connectivity index (χ4v) is 1.88. The maximum Gasteiger partial charge on any atom is 0.276 e. The Morgan fingerprint density at radius 1 is 1.53 bits per heavy atom. The molecule has 7 nitrogen and oxygen atoms in total. The molecule has 2 aromatic rings. The van der Waals surface area contributed by atoms with Crippen LogP contribution in [0.1, 0.15) is 5.56 Å². The molecule has 0 aliphatic heterocycles. The molecular weight excluding hydrogens is 270 g/mol.